The zero-order valence-corrected chi connectivity index (χ0v) is 15.4. The van der Waals surface area contributed by atoms with E-state index in [0.717, 1.165) is 4.70 Å². The molecule has 9 heteroatoms. The van der Waals surface area contributed by atoms with Crippen molar-refractivity contribution in [2.45, 2.75) is 12.6 Å². The van der Waals surface area contributed by atoms with Gasteiger partial charge in [-0.3, -0.25) is 14.9 Å². The lowest BCUT2D eigenvalue weighted by Crippen LogP contribution is -2.36. The molecule has 8 nitrogen and oxygen atoms in total. The molecule has 0 radical (unpaired) electrons. The monoisotopic (exact) mass is 397 g/mol. The molecule has 3 aromatic rings. The van der Waals surface area contributed by atoms with Gasteiger partial charge in [0.25, 0.3) is 11.6 Å². The molecule has 0 saturated heterocycles. The Morgan fingerprint density at radius 2 is 2.14 bits per heavy atom. The van der Waals surface area contributed by atoms with E-state index in [4.69, 9.17) is 9.47 Å². The third-order valence-corrected chi connectivity index (χ3v) is 5.24. The van der Waals surface area contributed by atoms with Crippen LogP contribution in [0.1, 0.15) is 0 Å². The number of nitro groups is 1. The molecule has 1 aliphatic heterocycles. The number of para-hydroxylation sites is 2. The molecular weight excluding hydrogens is 382 g/mol. The van der Waals surface area contributed by atoms with Gasteiger partial charge in [-0.1, -0.05) is 29.5 Å². The van der Waals surface area contributed by atoms with Gasteiger partial charge in [0.1, 0.15) is 6.61 Å². The number of benzene rings is 2. The second-order valence-electron chi connectivity index (χ2n) is 6.01. The lowest BCUT2D eigenvalue weighted by molar-refractivity contribution is -0.384. The summed E-state index contributed by atoms with van der Waals surface area (Å²) in [4.78, 5) is 27.9. The maximum Gasteiger partial charge on any atom is 0.292 e. The quantitative estimate of drug-likeness (QED) is 0.383. The van der Waals surface area contributed by atoms with E-state index in [1.807, 2.05) is 6.07 Å². The molecule has 1 unspecified atom stereocenters. The van der Waals surface area contributed by atoms with Crippen LogP contribution in [0.15, 0.2) is 60.1 Å². The van der Waals surface area contributed by atoms with Crippen molar-refractivity contribution < 1.29 is 19.2 Å². The first kappa shape index (κ1) is 17.9. The number of aromatic nitrogens is 1. The summed E-state index contributed by atoms with van der Waals surface area (Å²) >= 11 is 1.27. The van der Waals surface area contributed by atoms with Crippen LogP contribution in [0.4, 0.5) is 5.69 Å². The molecule has 1 aromatic heterocycles. The predicted molar refractivity (Wildman–Crippen MR) is 104 cm³/mol. The molecular formula is C19H15N3O5S. The number of hydrogen-bond acceptors (Lipinski definition) is 6. The minimum Gasteiger partial charge on any atom is -0.485 e. The Labute approximate surface area is 163 Å². The highest BCUT2D eigenvalue weighted by atomic mass is 32.1. The zero-order valence-electron chi connectivity index (χ0n) is 14.6. The van der Waals surface area contributed by atoms with E-state index in [1.165, 1.54) is 23.5 Å². The number of amides is 1. The summed E-state index contributed by atoms with van der Waals surface area (Å²) in [5.74, 6) is 0.601. The van der Waals surface area contributed by atoms with Gasteiger partial charge in [0, 0.05) is 18.7 Å². The maximum absolute atomic E-state index is 12.7. The summed E-state index contributed by atoms with van der Waals surface area (Å²) in [6.07, 6.45) is 0.789. The maximum atomic E-state index is 12.7. The van der Waals surface area contributed by atoms with Crippen molar-refractivity contribution in [2.24, 2.45) is 4.99 Å². The lowest BCUT2D eigenvalue weighted by atomic mass is 10.2. The van der Waals surface area contributed by atoms with E-state index in [-0.39, 0.29) is 12.3 Å². The van der Waals surface area contributed by atoms with Gasteiger partial charge in [0.15, 0.2) is 16.3 Å². The van der Waals surface area contributed by atoms with Gasteiger partial charge in [0.2, 0.25) is 6.10 Å². The molecule has 0 spiro atoms. The van der Waals surface area contributed by atoms with Gasteiger partial charge < -0.3 is 14.0 Å². The van der Waals surface area contributed by atoms with Crippen molar-refractivity contribution in [3.8, 4) is 11.5 Å². The van der Waals surface area contributed by atoms with E-state index in [1.54, 1.807) is 34.9 Å². The van der Waals surface area contributed by atoms with Gasteiger partial charge in [-0.15, -0.1) is 6.58 Å². The molecule has 2 heterocycles. The summed E-state index contributed by atoms with van der Waals surface area (Å²) in [7, 11) is 0. The molecule has 0 saturated carbocycles. The normalized spacial score (nSPS) is 16.1. The van der Waals surface area contributed by atoms with Crippen LogP contribution in [0.2, 0.25) is 0 Å². The summed E-state index contributed by atoms with van der Waals surface area (Å²) in [5.41, 5.74) is 0.596. The number of nitro benzene ring substituents is 1. The first-order valence-electron chi connectivity index (χ1n) is 8.42. The van der Waals surface area contributed by atoms with Crippen LogP contribution in [0.25, 0.3) is 10.2 Å². The Morgan fingerprint density at radius 3 is 2.89 bits per heavy atom. The highest BCUT2D eigenvalue weighted by molar-refractivity contribution is 7.16. The van der Waals surface area contributed by atoms with Crippen molar-refractivity contribution in [1.29, 1.82) is 0 Å². The Bertz CT molecular complexity index is 1160. The van der Waals surface area contributed by atoms with Crippen LogP contribution in [0.3, 0.4) is 0 Å². The molecule has 0 aliphatic carbocycles. The van der Waals surface area contributed by atoms with Crippen molar-refractivity contribution in [3.63, 3.8) is 0 Å². The Balaban J connectivity index is 1.72. The number of non-ortho nitro benzene ring substituents is 1. The van der Waals surface area contributed by atoms with E-state index < -0.39 is 16.9 Å². The molecule has 0 N–H and O–H groups in total. The highest BCUT2D eigenvalue weighted by Crippen LogP contribution is 2.31. The van der Waals surface area contributed by atoms with Crippen molar-refractivity contribution >= 4 is 33.1 Å². The molecule has 1 amide bonds. The fourth-order valence-corrected chi connectivity index (χ4v) is 3.89. The molecule has 0 fully saturated rings. The Kier molecular flexibility index (Phi) is 4.66. The van der Waals surface area contributed by atoms with Crippen molar-refractivity contribution in [2.75, 3.05) is 6.61 Å². The van der Waals surface area contributed by atoms with Crippen LogP contribution in [-0.4, -0.2) is 28.1 Å². The van der Waals surface area contributed by atoms with E-state index in [9.17, 15) is 14.9 Å². The van der Waals surface area contributed by atoms with Crippen LogP contribution in [0, 0.1) is 10.1 Å². The molecule has 1 aliphatic rings. The number of carbonyl (C=O) groups excluding carboxylic acids is 1. The minimum absolute atomic E-state index is 0.0263. The van der Waals surface area contributed by atoms with Crippen molar-refractivity contribution in [3.05, 3.63) is 70.0 Å². The first-order valence-corrected chi connectivity index (χ1v) is 9.24. The molecule has 0 bridgehead atoms. The molecule has 28 heavy (non-hydrogen) atoms. The zero-order chi connectivity index (χ0) is 19.7. The fourth-order valence-electron chi connectivity index (χ4n) is 2.87. The van der Waals surface area contributed by atoms with Gasteiger partial charge in [-0.05, 0) is 18.2 Å². The van der Waals surface area contributed by atoms with Crippen LogP contribution in [0.5, 0.6) is 11.5 Å². The summed E-state index contributed by atoms with van der Waals surface area (Å²) in [6.45, 7) is 4.14. The largest absolute Gasteiger partial charge is 0.485 e. The van der Waals surface area contributed by atoms with Crippen LogP contribution in [-0.2, 0) is 11.3 Å². The van der Waals surface area contributed by atoms with Gasteiger partial charge in [0.05, 0.1) is 15.1 Å². The van der Waals surface area contributed by atoms with E-state index in [0.29, 0.717) is 28.4 Å². The second kappa shape index (κ2) is 7.28. The van der Waals surface area contributed by atoms with Gasteiger partial charge in [-0.2, -0.15) is 4.99 Å². The summed E-state index contributed by atoms with van der Waals surface area (Å²) in [5, 5.41) is 11.1. The number of carbonyl (C=O) groups is 1. The lowest BCUT2D eigenvalue weighted by Gasteiger charge is -2.23. The number of fused-ring (bicyclic) bond motifs is 2. The van der Waals surface area contributed by atoms with Crippen LogP contribution < -0.4 is 14.3 Å². The molecule has 1 atom stereocenters. The average molecular weight is 397 g/mol. The molecule has 4 rings (SSSR count). The second-order valence-corrected chi connectivity index (χ2v) is 7.02. The van der Waals surface area contributed by atoms with Gasteiger partial charge >= 0.3 is 0 Å². The Morgan fingerprint density at radius 1 is 1.36 bits per heavy atom. The molecule has 2 aromatic carbocycles. The number of thiazole rings is 1. The Hall–Kier alpha value is -3.46. The molecule has 142 valence electrons. The number of hydrogen-bond donors (Lipinski definition) is 0. The smallest absolute Gasteiger partial charge is 0.292 e. The van der Waals surface area contributed by atoms with E-state index >= 15 is 0 Å². The summed E-state index contributed by atoms with van der Waals surface area (Å²) in [6, 6.07) is 11.7. The number of ether oxygens (including phenoxy) is 2. The fraction of sp³-hybridized carbons (Fsp3) is 0.158. The first-order chi connectivity index (χ1) is 13.6. The van der Waals surface area contributed by atoms with Crippen molar-refractivity contribution in [1.82, 2.24) is 4.57 Å². The number of rotatable bonds is 4. The van der Waals surface area contributed by atoms with Crippen LogP contribution >= 0.6 is 11.3 Å². The predicted octanol–water partition coefficient (Wildman–Crippen LogP) is 3.06. The SMILES string of the molecule is C=CCn1c(=NC(=O)C2COc3ccccc3O2)sc2ccc([N+](=O)[O-])cc21. The minimum atomic E-state index is -0.855. The summed E-state index contributed by atoms with van der Waals surface area (Å²) < 4.78 is 13.8. The highest BCUT2D eigenvalue weighted by Gasteiger charge is 2.27. The van der Waals surface area contributed by atoms with Gasteiger partial charge in [-0.25, -0.2) is 0 Å². The third kappa shape index (κ3) is 3.27. The topological polar surface area (TPSA) is 96.0 Å². The standard InChI is InChI=1S/C19H15N3O5S/c1-2-9-21-13-10-12(22(24)25)7-8-17(13)28-19(21)20-18(23)16-11-26-14-5-3-4-6-15(14)27-16/h2-8,10,16H,1,9,11H2. The third-order valence-electron chi connectivity index (χ3n) is 4.18. The van der Waals surface area contributed by atoms with E-state index in [2.05, 4.69) is 11.6 Å². The number of nitrogens with zero attached hydrogens (tertiary/aromatic N) is 3. The average Bonchev–Trinajstić information content (AvgIpc) is 3.04. The number of allylic oxidation sites excluding steroid dienone is 1.